The van der Waals surface area contributed by atoms with Gasteiger partial charge in [-0.2, -0.15) is 30.6 Å². The van der Waals surface area contributed by atoms with Crippen LogP contribution in [0.25, 0.3) is 65.4 Å². The Morgan fingerprint density at radius 3 is 0.595 bits per heavy atom. The minimum atomic E-state index is -2.97. The first kappa shape index (κ1) is 61.9. The molecule has 14 rings (SSSR count). The van der Waals surface area contributed by atoms with Gasteiger partial charge >= 0.3 is 91.6 Å². The van der Waals surface area contributed by atoms with E-state index in [2.05, 4.69) is 61.2 Å². The van der Waals surface area contributed by atoms with Gasteiger partial charge in [-0.1, -0.05) is 117 Å². The van der Waals surface area contributed by atoms with Crippen LogP contribution in [0.3, 0.4) is 0 Å². The number of benzene rings is 6. The molecule has 2 aliphatic rings. The monoisotopic (exact) mass is 1320 g/mol. The molecule has 0 spiro atoms. The molecule has 12 aromatic rings. The van der Waals surface area contributed by atoms with Crippen LogP contribution in [0.15, 0.2) is 183 Å². The standard InChI is InChI=1S/6C7H6N2.2C4H8O.CH4.7ClH.2Ru/c6*1-2-4-7-6(3-1)5-8-9-7;2*1-2-4-5-3-1;;;;;;;;;;/h6*1-5H,(H,8,9);2*1-4H2;1H4;7*1H;;/q;;;;;;;;;;;;;;;;+3;+4/p-7. The molecule has 0 aliphatic carbocycles. The van der Waals surface area contributed by atoms with E-state index in [1.54, 1.807) is 0 Å². The number of ether oxygens (including phenoxy) is 2. The number of fused-ring (bicyclic) bond motifs is 6. The summed E-state index contributed by atoms with van der Waals surface area (Å²) in [6.45, 7) is 4.00. The third-order valence-electron chi connectivity index (χ3n) is 9.75. The van der Waals surface area contributed by atoms with Crippen LogP contribution in [0.5, 0.6) is 0 Å². The van der Waals surface area contributed by atoms with Crippen molar-refractivity contribution < 1.29 is 33.3 Å². The Kier molecular flexibility index (Phi) is 30.4. The third-order valence-corrected chi connectivity index (χ3v) is 9.75. The van der Waals surface area contributed by atoms with Crippen LogP contribution >= 0.6 is 67.8 Å². The second kappa shape index (κ2) is 36.3. The van der Waals surface area contributed by atoms with Gasteiger partial charge in [0.05, 0.1) is 70.3 Å². The molecule has 0 amide bonds. The Hall–Kier alpha value is -4.66. The molecule has 14 nitrogen and oxygen atoms in total. The molecular weight excluding hydrogens is 1260 g/mol. The number of hydrogen-bond acceptors (Lipinski definition) is 8. The van der Waals surface area contributed by atoms with E-state index in [0.717, 1.165) is 91.8 Å². The number of H-pyrrole nitrogens is 6. The molecule has 2 aliphatic heterocycles. The first-order valence-corrected chi connectivity index (χ1v) is 37.8. The number of rotatable bonds is 0. The minimum absolute atomic E-state index is 0. The van der Waals surface area contributed by atoms with Gasteiger partial charge in [-0.15, -0.1) is 0 Å². The molecule has 2 fully saturated rings. The van der Waals surface area contributed by atoms with Gasteiger partial charge in [-0.3, -0.25) is 30.6 Å². The van der Waals surface area contributed by atoms with Crippen LogP contribution in [0, 0.1) is 0 Å². The van der Waals surface area contributed by atoms with E-state index in [1.807, 2.05) is 183 Å². The van der Waals surface area contributed by atoms with E-state index in [4.69, 9.17) is 77.3 Å². The first-order chi connectivity index (χ1) is 35.5. The molecular formula is C51H56Cl7N12O2Ru2. The van der Waals surface area contributed by atoms with E-state index in [1.165, 1.54) is 25.7 Å². The molecule has 397 valence electrons. The van der Waals surface area contributed by atoms with Crippen molar-refractivity contribution in [2.75, 3.05) is 26.4 Å². The van der Waals surface area contributed by atoms with Crippen molar-refractivity contribution in [1.82, 2.24) is 61.2 Å². The molecule has 23 heteroatoms. The predicted molar refractivity (Wildman–Crippen MR) is 304 cm³/mol. The van der Waals surface area contributed by atoms with E-state index in [9.17, 15) is 0 Å². The summed E-state index contributed by atoms with van der Waals surface area (Å²) in [6, 6.07) is 48.1. The van der Waals surface area contributed by atoms with Gasteiger partial charge in [-0.05, 0) is 62.1 Å². The van der Waals surface area contributed by atoms with Gasteiger partial charge in [0, 0.05) is 58.7 Å². The summed E-state index contributed by atoms with van der Waals surface area (Å²) >= 11 is -1.75. The zero-order valence-electron chi connectivity index (χ0n) is 38.8. The van der Waals surface area contributed by atoms with E-state index >= 15 is 0 Å². The molecule has 0 saturated carbocycles. The Morgan fingerprint density at radius 2 is 0.473 bits per heavy atom. The Labute approximate surface area is 465 Å². The number of halogens is 7. The second-order valence-corrected chi connectivity index (χ2v) is 38.6. The normalized spacial score (nSPS) is 12.3. The van der Waals surface area contributed by atoms with Crippen molar-refractivity contribution >= 4 is 133 Å². The maximum Gasteiger partial charge on any atom is 0.0650 e. The molecule has 6 N–H and O–H groups in total. The molecule has 6 aromatic carbocycles. The number of hydrogen-bond donors (Lipinski definition) is 6. The van der Waals surface area contributed by atoms with Gasteiger partial charge < -0.3 is 9.47 Å². The molecule has 0 unspecified atom stereocenters. The Morgan fingerprint density at radius 1 is 0.324 bits per heavy atom. The van der Waals surface area contributed by atoms with Gasteiger partial charge in [0.2, 0.25) is 0 Å². The van der Waals surface area contributed by atoms with Crippen molar-refractivity contribution in [3.63, 3.8) is 0 Å². The summed E-state index contributed by atoms with van der Waals surface area (Å²) in [6.07, 6.45) is 16.0. The first-order valence-electron chi connectivity index (χ1n) is 22.2. The maximum atomic E-state index is 5.00. The van der Waals surface area contributed by atoms with Crippen molar-refractivity contribution in [2.45, 2.75) is 33.1 Å². The van der Waals surface area contributed by atoms with E-state index in [-0.39, 0.29) is 7.43 Å². The summed E-state index contributed by atoms with van der Waals surface area (Å²) in [4.78, 5) is 0. The Bertz CT molecular complexity index is 2550. The van der Waals surface area contributed by atoms with E-state index in [0.29, 0.717) is 0 Å². The number of aromatic nitrogens is 12. The third kappa shape index (κ3) is 25.7. The van der Waals surface area contributed by atoms with Crippen LogP contribution < -0.4 is 0 Å². The van der Waals surface area contributed by atoms with Crippen molar-refractivity contribution in [2.24, 2.45) is 0 Å². The summed E-state index contributed by atoms with van der Waals surface area (Å²) < 4.78 is 9.89. The quantitative estimate of drug-likeness (QED) is 0.0808. The van der Waals surface area contributed by atoms with Crippen LogP contribution in [-0.2, 0) is 33.3 Å². The number of aromatic amines is 6. The summed E-state index contributed by atoms with van der Waals surface area (Å²) in [5.41, 5.74) is 6.57. The van der Waals surface area contributed by atoms with Crippen LogP contribution in [0.4, 0.5) is 0 Å². The van der Waals surface area contributed by atoms with Gasteiger partial charge in [-0.25, -0.2) is 0 Å². The van der Waals surface area contributed by atoms with Crippen LogP contribution in [-0.4, -0.2) is 87.6 Å². The van der Waals surface area contributed by atoms with Crippen molar-refractivity contribution in [3.05, 3.63) is 183 Å². The SMILES string of the molecule is C.C1CCOC1.C1CCOC1.[Cl][Ru]([Cl])([Cl])[Cl].[Cl][Ru]([Cl])[Cl].c1ccc2[nH]ncc2c1.c1ccc2[nH]ncc2c1.c1ccc2[nH]ncc2c1.c1ccc2[nH]ncc2c1.c1ccc2[nH]ncc2c1.c1ccc2[nH]ncc2c1. The number of para-hydroxylation sites is 6. The van der Waals surface area contributed by atoms with Crippen LogP contribution in [0.2, 0.25) is 0 Å². The second-order valence-electron chi connectivity index (χ2n) is 14.8. The van der Waals surface area contributed by atoms with Crippen molar-refractivity contribution in [3.8, 4) is 0 Å². The summed E-state index contributed by atoms with van der Waals surface area (Å²) in [5.74, 6) is 0. The Balaban J connectivity index is 0.000000180. The average molecular weight is 1320 g/mol. The molecule has 0 radical (unpaired) electrons. The fraction of sp³-hybridized carbons (Fsp3) is 0.176. The maximum absolute atomic E-state index is 5.00. The van der Waals surface area contributed by atoms with Crippen molar-refractivity contribution in [1.29, 1.82) is 0 Å². The average Bonchev–Trinajstić information content (AvgIpc) is 4.26. The number of nitrogens with one attached hydrogen (secondary N) is 6. The minimum Gasteiger partial charge on any atom is -0.278 e. The van der Waals surface area contributed by atoms with Gasteiger partial charge in [0.25, 0.3) is 0 Å². The molecule has 74 heavy (non-hydrogen) atoms. The topological polar surface area (TPSA) is 191 Å². The van der Waals surface area contributed by atoms with Gasteiger partial charge in [0.1, 0.15) is 0 Å². The molecule has 2 saturated heterocycles. The summed E-state index contributed by atoms with van der Waals surface area (Å²) in [7, 11) is 31.9. The molecule has 0 atom stereocenters. The summed E-state index contributed by atoms with van der Waals surface area (Å²) in [5, 5.41) is 47.5. The number of nitrogens with zero attached hydrogens (tertiary/aromatic N) is 6. The fourth-order valence-electron chi connectivity index (χ4n) is 6.32. The molecule has 6 aromatic heterocycles. The fourth-order valence-corrected chi connectivity index (χ4v) is 6.32. The smallest absolute Gasteiger partial charge is 0.0650 e. The van der Waals surface area contributed by atoms with E-state index < -0.39 is 23.8 Å². The molecule has 8 heterocycles. The largest absolute Gasteiger partial charge is 0.278 e. The zero-order chi connectivity index (χ0) is 51.8. The molecule has 0 bridgehead atoms. The zero-order valence-corrected chi connectivity index (χ0v) is 47.6. The van der Waals surface area contributed by atoms with Crippen LogP contribution in [0.1, 0.15) is 33.1 Å². The predicted octanol–water partition coefficient (Wildman–Crippen LogP) is 16.4. The van der Waals surface area contributed by atoms with Gasteiger partial charge in [0.15, 0.2) is 0 Å².